The molecule has 1 saturated heterocycles. The maximum Gasteiger partial charge on any atom is 0.191 e. The van der Waals surface area contributed by atoms with Crippen LogP contribution in [-0.2, 0) is 6.54 Å². The zero-order valence-corrected chi connectivity index (χ0v) is 16.8. The standard InChI is InChI=1S/C18H30N4.HI/c1-3-19-18(20-11-14-22-12-5-4-6-13-22)21-15-17-9-7-16(2)8-10-17;/h7-10H,3-6,11-15H2,1-2H3,(H2,19,20,21);1H. The lowest BCUT2D eigenvalue weighted by Crippen LogP contribution is -2.42. The quantitative estimate of drug-likeness (QED) is 0.414. The van der Waals surface area contributed by atoms with Gasteiger partial charge in [-0.15, -0.1) is 24.0 Å². The van der Waals surface area contributed by atoms with Crippen LogP contribution in [0.15, 0.2) is 29.3 Å². The van der Waals surface area contributed by atoms with E-state index < -0.39 is 0 Å². The third kappa shape index (κ3) is 8.01. The highest BCUT2D eigenvalue weighted by molar-refractivity contribution is 14.0. The molecule has 1 aromatic carbocycles. The average molecular weight is 430 g/mol. The van der Waals surface area contributed by atoms with E-state index in [9.17, 15) is 0 Å². The summed E-state index contributed by atoms with van der Waals surface area (Å²) in [7, 11) is 0. The van der Waals surface area contributed by atoms with E-state index in [2.05, 4.69) is 58.6 Å². The minimum Gasteiger partial charge on any atom is -0.357 e. The summed E-state index contributed by atoms with van der Waals surface area (Å²) in [5.41, 5.74) is 2.54. The molecule has 1 aromatic rings. The molecule has 1 heterocycles. The number of likely N-dealkylation sites (tertiary alicyclic amines) is 1. The molecule has 5 heteroatoms. The Bertz CT molecular complexity index is 453. The van der Waals surface area contributed by atoms with E-state index in [4.69, 9.17) is 0 Å². The normalized spacial score (nSPS) is 15.8. The monoisotopic (exact) mass is 430 g/mol. The molecule has 23 heavy (non-hydrogen) atoms. The first-order chi connectivity index (χ1) is 10.8. The first-order valence-corrected chi connectivity index (χ1v) is 8.58. The predicted octanol–water partition coefficient (Wildman–Crippen LogP) is 3.15. The van der Waals surface area contributed by atoms with Gasteiger partial charge in [0.15, 0.2) is 5.96 Å². The van der Waals surface area contributed by atoms with Gasteiger partial charge in [0, 0.05) is 19.6 Å². The van der Waals surface area contributed by atoms with E-state index in [0.29, 0.717) is 0 Å². The molecule has 2 N–H and O–H groups in total. The highest BCUT2D eigenvalue weighted by Gasteiger charge is 2.09. The second kappa shape index (κ2) is 11.7. The van der Waals surface area contributed by atoms with Gasteiger partial charge in [0.2, 0.25) is 0 Å². The topological polar surface area (TPSA) is 39.7 Å². The lowest BCUT2D eigenvalue weighted by Gasteiger charge is -2.26. The van der Waals surface area contributed by atoms with Gasteiger partial charge in [-0.05, 0) is 45.3 Å². The molecule has 1 fully saturated rings. The SMILES string of the molecule is CCNC(=NCc1ccc(C)cc1)NCCN1CCCCC1.I. The summed E-state index contributed by atoms with van der Waals surface area (Å²) in [6.07, 6.45) is 4.09. The molecule has 2 rings (SSSR count). The van der Waals surface area contributed by atoms with Gasteiger partial charge in [0.05, 0.1) is 6.54 Å². The predicted molar refractivity (Wildman–Crippen MR) is 110 cm³/mol. The van der Waals surface area contributed by atoms with E-state index in [0.717, 1.165) is 32.1 Å². The van der Waals surface area contributed by atoms with Crippen molar-refractivity contribution in [1.82, 2.24) is 15.5 Å². The van der Waals surface area contributed by atoms with E-state index in [-0.39, 0.29) is 24.0 Å². The molecule has 0 radical (unpaired) electrons. The number of benzene rings is 1. The van der Waals surface area contributed by atoms with Crippen molar-refractivity contribution in [2.45, 2.75) is 39.7 Å². The number of halogens is 1. The van der Waals surface area contributed by atoms with Gasteiger partial charge in [0.1, 0.15) is 0 Å². The van der Waals surface area contributed by atoms with Crippen molar-refractivity contribution in [2.75, 3.05) is 32.7 Å². The molecular formula is C18H31IN4. The molecule has 0 aliphatic carbocycles. The maximum atomic E-state index is 4.67. The molecule has 0 saturated carbocycles. The number of piperidine rings is 1. The molecule has 0 aromatic heterocycles. The highest BCUT2D eigenvalue weighted by atomic mass is 127. The molecule has 4 nitrogen and oxygen atoms in total. The van der Waals surface area contributed by atoms with Crippen LogP contribution < -0.4 is 10.6 Å². The van der Waals surface area contributed by atoms with Gasteiger partial charge in [0.25, 0.3) is 0 Å². The van der Waals surface area contributed by atoms with Gasteiger partial charge >= 0.3 is 0 Å². The van der Waals surface area contributed by atoms with Gasteiger partial charge < -0.3 is 15.5 Å². The van der Waals surface area contributed by atoms with Gasteiger partial charge in [-0.2, -0.15) is 0 Å². The molecule has 1 aliphatic rings. The lowest BCUT2D eigenvalue weighted by molar-refractivity contribution is 0.232. The number of nitrogens with one attached hydrogen (secondary N) is 2. The Kier molecular flexibility index (Phi) is 10.3. The van der Waals surface area contributed by atoms with Crippen molar-refractivity contribution < 1.29 is 0 Å². The van der Waals surface area contributed by atoms with Crippen LogP contribution in [0.5, 0.6) is 0 Å². The number of rotatable bonds is 6. The fourth-order valence-corrected chi connectivity index (χ4v) is 2.72. The Labute approximate surface area is 158 Å². The number of hydrogen-bond acceptors (Lipinski definition) is 2. The van der Waals surface area contributed by atoms with E-state index in [1.54, 1.807) is 0 Å². The first kappa shape index (κ1) is 20.2. The third-order valence-corrected chi connectivity index (χ3v) is 4.05. The zero-order valence-electron chi connectivity index (χ0n) is 14.5. The molecule has 0 bridgehead atoms. The van der Waals surface area contributed by atoms with E-state index in [1.807, 2.05) is 0 Å². The minimum atomic E-state index is 0. The Morgan fingerprint density at radius 2 is 1.78 bits per heavy atom. The second-order valence-corrected chi connectivity index (χ2v) is 6.01. The van der Waals surface area contributed by atoms with Crippen molar-refractivity contribution in [1.29, 1.82) is 0 Å². The summed E-state index contributed by atoms with van der Waals surface area (Å²) in [6.45, 7) is 10.4. The molecule has 0 amide bonds. The number of aryl methyl sites for hydroxylation is 1. The number of guanidine groups is 1. The summed E-state index contributed by atoms with van der Waals surface area (Å²) in [5.74, 6) is 0.917. The Morgan fingerprint density at radius 3 is 2.43 bits per heavy atom. The van der Waals surface area contributed by atoms with Crippen molar-refractivity contribution in [2.24, 2.45) is 4.99 Å². The average Bonchev–Trinajstić information content (AvgIpc) is 2.55. The van der Waals surface area contributed by atoms with Crippen LogP contribution in [0, 0.1) is 6.92 Å². The Balaban J connectivity index is 0.00000264. The molecule has 130 valence electrons. The summed E-state index contributed by atoms with van der Waals surface area (Å²) in [6, 6.07) is 8.58. The fourth-order valence-electron chi connectivity index (χ4n) is 2.72. The second-order valence-electron chi connectivity index (χ2n) is 6.01. The van der Waals surface area contributed by atoms with Crippen LogP contribution in [0.2, 0.25) is 0 Å². The molecule has 0 atom stereocenters. The number of hydrogen-bond donors (Lipinski definition) is 2. The highest BCUT2D eigenvalue weighted by Crippen LogP contribution is 2.07. The molecule has 0 spiro atoms. The largest absolute Gasteiger partial charge is 0.357 e. The van der Waals surface area contributed by atoms with Crippen LogP contribution in [0.3, 0.4) is 0 Å². The summed E-state index contributed by atoms with van der Waals surface area (Å²) in [4.78, 5) is 7.21. The zero-order chi connectivity index (χ0) is 15.6. The molecule has 1 aliphatic heterocycles. The van der Waals surface area contributed by atoms with Crippen LogP contribution in [0.1, 0.15) is 37.3 Å². The van der Waals surface area contributed by atoms with Crippen LogP contribution in [-0.4, -0.2) is 43.6 Å². The van der Waals surface area contributed by atoms with Gasteiger partial charge in [-0.3, -0.25) is 0 Å². The minimum absolute atomic E-state index is 0. The van der Waals surface area contributed by atoms with Crippen LogP contribution >= 0.6 is 24.0 Å². The smallest absolute Gasteiger partial charge is 0.191 e. The Morgan fingerprint density at radius 1 is 1.09 bits per heavy atom. The van der Waals surface area contributed by atoms with E-state index in [1.165, 1.54) is 43.5 Å². The van der Waals surface area contributed by atoms with Gasteiger partial charge in [-0.25, -0.2) is 4.99 Å². The van der Waals surface area contributed by atoms with Crippen LogP contribution in [0.25, 0.3) is 0 Å². The Hall–Kier alpha value is -0.820. The summed E-state index contributed by atoms with van der Waals surface area (Å²) >= 11 is 0. The maximum absolute atomic E-state index is 4.67. The summed E-state index contributed by atoms with van der Waals surface area (Å²) in [5, 5.41) is 6.77. The van der Waals surface area contributed by atoms with Crippen LogP contribution in [0.4, 0.5) is 0 Å². The van der Waals surface area contributed by atoms with Gasteiger partial charge in [-0.1, -0.05) is 36.2 Å². The number of nitrogens with zero attached hydrogens (tertiary/aromatic N) is 2. The van der Waals surface area contributed by atoms with Crippen molar-refractivity contribution in [3.8, 4) is 0 Å². The van der Waals surface area contributed by atoms with Crippen molar-refractivity contribution in [3.63, 3.8) is 0 Å². The van der Waals surface area contributed by atoms with Crippen molar-refractivity contribution >= 4 is 29.9 Å². The third-order valence-electron chi connectivity index (χ3n) is 4.05. The fraction of sp³-hybridized carbons (Fsp3) is 0.611. The molecule has 0 unspecified atom stereocenters. The number of aliphatic imine (C=N–C) groups is 1. The lowest BCUT2D eigenvalue weighted by atomic mass is 10.1. The first-order valence-electron chi connectivity index (χ1n) is 8.58. The summed E-state index contributed by atoms with van der Waals surface area (Å²) < 4.78 is 0. The van der Waals surface area contributed by atoms with Crippen molar-refractivity contribution in [3.05, 3.63) is 35.4 Å². The van der Waals surface area contributed by atoms with E-state index >= 15 is 0 Å². The molecular weight excluding hydrogens is 399 g/mol.